The molecule has 1 atom stereocenters. The zero-order valence-corrected chi connectivity index (χ0v) is 10.3. The smallest absolute Gasteiger partial charge is 0.000577 e. The summed E-state index contributed by atoms with van der Waals surface area (Å²) in [6, 6.07) is 8.91. The zero-order chi connectivity index (χ0) is 11.4. The average molecular weight is 205 g/mol. The topological polar surface area (TPSA) is 26.0 Å². The van der Waals surface area contributed by atoms with Gasteiger partial charge in [0.1, 0.15) is 0 Å². The van der Waals surface area contributed by atoms with Crippen LogP contribution in [-0.4, -0.2) is 6.54 Å². The summed E-state index contributed by atoms with van der Waals surface area (Å²) < 4.78 is 0. The highest BCUT2D eigenvalue weighted by atomic mass is 14.6. The molecule has 0 aliphatic rings. The van der Waals surface area contributed by atoms with Gasteiger partial charge < -0.3 is 5.73 Å². The molecule has 2 N–H and O–H groups in total. The molecule has 1 unspecified atom stereocenters. The van der Waals surface area contributed by atoms with Crippen molar-refractivity contribution in [1.82, 2.24) is 0 Å². The van der Waals surface area contributed by atoms with Gasteiger partial charge in [-0.3, -0.25) is 0 Å². The molecule has 0 radical (unpaired) electrons. The summed E-state index contributed by atoms with van der Waals surface area (Å²) in [6.45, 7) is 9.64. The van der Waals surface area contributed by atoms with Crippen LogP contribution in [0.2, 0.25) is 0 Å². The van der Waals surface area contributed by atoms with Gasteiger partial charge in [-0.05, 0) is 35.4 Å². The molecular weight excluding hydrogens is 182 g/mol. The van der Waals surface area contributed by atoms with Crippen LogP contribution in [0.3, 0.4) is 0 Å². The Balaban J connectivity index is 2.87. The summed E-state index contributed by atoms with van der Waals surface area (Å²) >= 11 is 0. The van der Waals surface area contributed by atoms with E-state index < -0.39 is 0 Å². The monoisotopic (exact) mass is 205 g/mol. The van der Waals surface area contributed by atoms with Crippen molar-refractivity contribution in [3.05, 3.63) is 35.4 Å². The van der Waals surface area contributed by atoms with E-state index >= 15 is 0 Å². The lowest BCUT2D eigenvalue weighted by atomic mass is 9.87. The van der Waals surface area contributed by atoms with Crippen LogP contribution in [0.25, 0.3) is 0 Å². The Hall–Kier alpha value is -0.820. The Bertz CT molecular complexity index is 285. The lowest BCUT2D eigenvalue weighted by molar-refractivity contribution is 0.506. The molecule has 0 aromatic heterocycles. The maximum Gasteiger partial charge on any atom is -0.000577 e. The van der Waals surface area contributed by atoms with Crippen LogP contribution in [0, 0.1) is 5.92 Å². The van der Waals surface area contributed by atoms with Gasteiger partial charge in [0.05, 0.1) is 0 Å². The minimum Gasteiger partial charge on any atom is -0.330 e. The lowest BCUT2D eigenvalue weighted by Gasteiger charge is -2.19. The second-order valence-corrected chi connectivity index (χ2v) is 4.91. The van der Waals surface area contributed by atoms with E-state index in [1.807, 2.05) is 0 Å². The second kappa shape index (κ2) is 5.32. The quantitative estimate of drug-likeness (QED) is 0.799. The van der Waals surface area contributed by atoms with E-state index in [0.717, 1.165) is 6.54 Å². The standard InChI is InChI=1S/C14H23N/c1-10(2)12-5-7-13(8-6-12)14(9-15)11(3)4/h5-8,10-11,14H,9,15H2,1-4H3. The third-order valence-electron chi connectivity index (χ3n) is 3.09. The molecule has 84 valence electrons. The lowest BCUT2D eigenvalue weighted by Crippen LogP contribution is -2.17. The molecule has 0 aliphatic carbocycles. The Morgan fingerprint density at radius 3 is 1.73 bits per heavy atom. The maximum atomic E-state index is 5.80. The number of nitrogens with two attached hydrogens (primary N) is 1. The van der Waals surface area contributed by atoms with Gasteiger partial charge in [-0.25, -0.2) is 0 Å². The van der Waals surface area contributed by atoms with E-state index in [9.17, 15) is 0 Å². The van der Waals surface area contributed by atoms with Crippen molar-refractivity contribution in [1.29, 1.82) is 0 Å². The van der Waals surface area contributed by atoms with Gasteiger partial charge in [0.2, 0.25) is 0 Å². The molecule has 1 rings (SSSR count). The van der Waals surface area contributed by atoms with Crippen LogP contribution in [0.15, 0.2) is 24.3 Å². The van der Waals surface area contributed by atoms with Crippen LogP contribution in [0.1, 0.15) is 50.7 Å². The molecule has 0 bridgehead atoms. The number of hydrogen-bond acceptors (Lipinski definition) is 1. The first-order chi connectivity index (χ1) is 7.06. The molecule has 0 spiro atoms. The summed E-state index contributed by atoms with van der Waals surface area (Å²) in [4.78, 5) is 0. The third kappa shape index (κ3) is 3.07. The molecule has 0 fully saturated rings. The van der Waals surface area contributed by atoms with Gasteiger partial charge in [0, 0.05) is 0 Å². The number of hydrogen-bond donors (Lipinski definition) is 1. The van der Waals surface area contributed by atoms with E-state index in [4.69, 9.17) is 5.73 Å². The van der Waals surface area contributed by atoms with Crippen molar-refractivity contribution < 1.29 is 0 Å². The number of rotatable bonds is 4. The van der Waals surface area contributed by atoms with E-state index in [0.29, 0.717) is 17.8 Å². The predicted molar refractivity (Wildman–Crippen MR) is 67.2 cm³/mol. The van der Waals surface area contributed by atoms with E-state index in [2.05, 4.69) is 52.0 Å². The van der Waals surface area contributed by atoms with Gasteiger partial charge in [0.15, 0.2) is 0 Å². The molecule has 1 nitrogen and oxygen atoms in total. The molecule has 1 heteroatoms. The summed E-state index contributed by atoms with van der Waals surface area (Å²) in [5.74, 6) is 1.71. The maximum absolute atomic E-state index is 5.80. The van der Waals surface area contributed by atoms with E-state index in [-0.39, 0.29) is 0 Å². The van der Waals surface area contributed by atoms with Crippen molar-refractivity contribution in [2.45, 2.75) is 39.5 Å². The Labute approximate surface area is 93.7 Å². The summed E-state index contributed by atoms with van der Waals surface area (Å²) in [7, 11) is 0. The van der Waals surface area contributed by atoms with Gasteiger partial charge >= 0.3 is 0 Å². The largest absolute Gasteiger partial charge is 0.330 e. The second-order valence-electron chi connectivity index (χ2n) is 4.91. The normalized spacial score (nSPS) is 13.5. The predicted octanol–water partition coefficient (Wildman–Crippen LogP) is 3.51. The summed E-state index contributed by atoms with van der Waals surface area (Å²) in [6.07, 6.45) is 0. The van der Waals surface area contributed by atoms with Crippen LogP contribution >= 0.6 is 0 Å². The van der Waals surface area contributed by atoms with E-state index in [1.54, 1.807) is 0 Å². The van der Waals surface area contributed by atoms with Gasteiger partial charge in [-0.1, -0.05) is 52.0 Å². The Kier molecular flexibility index (Phi) is 4.34. The first kappa shape index (κ1) is 12.3. The van der Waals surface area contributed by atoms with E-state index in [1.165, 1.54) is 11.1 Å². The van der Waals surface area contributed by atoms with Crippen molar-refractivity contribution in [2.24, 2.45) is 11.7 Å². The molecule has 1 aromatic carbocycles. The first-order valence-corrected chi connectivity index (χ1v) is 5.86. The Morgan fingerprint density at radius 1 is 0.933 bits per heavy atom. The van der Waals surface area contributed by atoms with Gasteiger partial charge in [0.25, 0.3) is 0 Å². The minimum absolute atomic E-state index is 0.492. The highest BCUT2D eigenvalue weighted by Gasteiger charge is 2.13. The van der Waals surface area contributed by atoms with Crippen LogP contribution in [0.5, 0.6) is 0 Å². The highest BCUT2D eigenvalue weighted by molar-refractivity contribution is 5.27. The molecule has 0 aliphatic heterocycles. The molecule has 15 heavy (non-hydrogen) atoms. The molecule has 0 saturated heterocycles. The van der Waals surface area contributed by atoms with Crippen LogP contribution < -0.4 is 5.73 Å². The summed E-state index contributed by atoms with van der Waals surface area (Å²) in [5.41, 5.74) is 8.58. The molecular formula is C14H23N. The molecule has 0 saturated carbocycles. The van der Waals surface area contributed by atoms with Gasteiger partial charge in [-0.2, -0.15) is 0 Å². The number of benzene rings is 1. The van der Waals surface area contributed by atoms with Crippen molar-refractivity contribution >= 4 is 0 Å². The third-order valence-corrected chi connectivity index (χ3v) is 3.09. The fourth-order valence-corrected chi connectivity index (χ4v) is 1.92. The van der Waals surface area contributed by atoms with Crippen LogP contribution in [-0.2, 0) is 0 Å². The summed E-state index contributed by atoms with van der Waals surface area (Å²) in [5, 5.41) is 0. The molecule has 1 aromatic rings. The van der Waals surface area contributed by atoms with Crippen molar-refractivity contribution in [3.8, 4) is 0 Å². The molecule has 0 heterocycles. The SMILES string of the molecule is CC(C)c1ccc(C(CN)C(C)C)cc1. The average Bonchev–Trinajstić information content (AvgIpc) is 2.19. The van der Waals surface area contributed by atoms with Crippen LogP contribution in [0.4, 0.5) is 0 Å². The van der Waals surface area contributed by atoms with Crippen molar-refractivity contribution in [2.75, 3.05) is 6.54 Å². The Morgan fingerprint density at radius 2 is 1.40 bits per heavy atom. The van der Waals surface area contributed by atoms with Crippen molar-refractivity contribution in [3.63, 3.8) is 0 Å². The first-order valence-electron chi connectivity index (χ1n) is 5.86. The fraction of sp³-hybridized carbons (Fsp3) is 0.571. The molecule has 0 amide bonds. The van der Waals surface area contributed by atoms with Gasteiger partial charge in [-0.15, -0.1) is 0 Å². The zero-order valence-electron chi connectivity index (χ0n) is 10.3. The minimum atomic E-state index is 0.492. The highest BCUT2D eigenvalue weighted by Crippen LogP contribution is 2.24. The fourth-order valence-electron chi connectivity index (χ4n) is 1.92.